The van der Waals surface area contributed by atoms with Crippen LogP contribution in [0.15, 0.2) is 46.9 Å². The van der Waals surface area contributed by atoms with Crippen molar-refractivity contribution in [2.24, 2.45) is 0 Å². The lowest BCUT2D eigenvalue weighted by Gasteiger charge is -2.22. The lowest BCUT2D eigenvalue weighted by Crippen LogP contribution is -2.22. The van der Waals surface area contributed by atoms with Crippen molar-refractivity contribution >= 4 is 27.5 Å². The maximum absolute atomic E-state index is 6.31. The zero-order valence-electron chi connectivity index (χ0n) is 12.0. The average molecular weight is 353 g/mol. The molecular formula is C17H19BrClN. The second-order valence-corrected chi connectivity index (χ2v) is 6.51. The van der Waals surface area contributed by atoms with Crippen molar-refractivity contribution in [3.8, 4) is 0 Å². The molecule has 0 bridgehead atoms. The molecule has 0 aliphatic rings. The van der Waals surface area contributed by atoms with Crippen LogP contribution in [0.25, 0.3) is 0 Å². The van der Waals surface area contributed by atoms with E-state index in [0.29, 0.717) is 0 Å². The highest BCUT2D eigenvalue weighted by molar-refractivity contribution is 9.10. The Morgan fingerprint density at radius 3 is 2.45 bits per heavy atom. The molecule has 1 nitrogen and oxygen atoms in total. The van der Waals surface area contributed by atoms with Gasteiger partial charge in [-0.2, -0.15) is 0 Å². The quantitative estimate of drug-likeness (QED) is 0.730. The maximum atomic E-state index is 6.31. The summed E-state index contributed by atoms with van der Waals surface area (Å²) in [6.07, 6.45) is 0. The molecule has 2 aromatic rings. The molecule has 0 saturated heterocycles. The van der Waals surface area contributed by atoms with Crippen LogP contribution in [0, 0.1) is 6.92 Å². The van der Waals surface area contributed by atoms with E-state index in [-0.39, 0.29) is 12.1 Å². The minimum Gasteiger partial charge on any atom is -0.304 e. The second-order valence-electron chi connectivity index (χ2n) is 5.19. The highest BCUT2D eigenvalue weighted by atomic mass is 79.9. The van der Waals surface area contributed by atoms with Crippen molar-refractivity contribution in [2.45, 2.75) is 32.9 Å². The number of hydrogen-bond acceptors (Lipinski definition) is 1. The average Bonchev–Trinajstić information content (AvgIpc) is 2.38. The zero-order chi connectivity index (χ0) is 14.7. The van der Waals surface area contributed by atoms with Gasteiger partial charge >= 0.3 is 0 Å². The Kier molecular flexibility index (Phi) is 5.25. The first-order valence-electron chi connectivity index (χ1n) is 6.75. The smallest absolute Gasteiger partial charge is 0.0464 e. The van der Waals surface area contributed by atoms with Crippen LogP contribution in [-0.2, 0) is 0 Å². The molecule has 2 atom stereocenters. The van der Waals surface area contributed by atoms with Crippen molar-refractivity contribution in [3.63, 3.8) is 0 Å². The minimum atomic E-state index is 0.200. The topological polar surface area (TPSA) is 12.0 Å². The fourth-order valence-corrected chi connectivity index (χ4v) is 3.19. The van der Waals surface area contributed by atoms with Gasteiger partial charge in [0.2, 0.25) is 0 Å². The van der Waals surface area contributed by atoms with Gasteiger partial charge in [-0.15, -0.1) is 0 Å². The number of halogens is 2. The third kappa shape index (κ3) is 3.85. The van der Waals surface area contributed by atoms with Crippen LogP contribution in [0.3, 0.4) is 0 Å². The first-order valence-corrected chi connectivity index (χ1v) is 7.92. The molecule has 0 spiro atoms. The van der Waals surface area contributed by atoms with Gasteiger partial charge < -0.3 is 5.32 Å². The van der Waals surface area contributed by atoms with Crippen LogP contribution in [0.1, 0.15) is 42.6 Å². The number of nitrogens with one attached hydrogen (secondary N) is 1. The standard InChI is InChI=1S/C17H19BrClN/c1-11-5-4-6-14(9-11)12(2)20-13(3)16-8-7-15(18)10-17(16)19/h4-10,12-13,20H,1-3H3/t12-,13?/m0/s1. The molecule has 2 rings (SSSR count). The van der Waals surface area contributed by atoms with Gasteiger partial charge in [-0.05, 0) is 44.0 Å². The largest absolute Gasteiger partial charge is 0.304 e. The highest BCUT2D eigenvalue weighted by Gasteiger charge is 2.13. The van der Waals surface area contributed by atoms with E-state index in [1.165, 1.54) is 11.1 Å². The van der Waals surface area contributed by atoms with Gasteiger partial charge in [0, 0.05) is 21.6 Å². The summed E-state index contributed by atoms with van der Waals surface area (Å²) in [5.41, 5.74) is 3.70. The van der Waals surface area contributed by atoms with E-state index in [1.807, 2.05) is 12.1 Å². The van der Waals surface area contributed by atoms with Crippen LogP contribution in [0.4, 0.5) is 0 Å². The summed E-state index contributed by atoms with van der Waals surface area (Å²) in [5.74, 6) is 0. The Morgan fingerprint density at radius 2 is 1.80 bits per heavy atom. The lowest BCUT2D eigenvalue weighted by atomic mass is 10.0. The van der Waals surface area contributed by atoms with Gasteiger partial charge in [0.05, 0.1) is 0 Å². The summed E-state index contributed by atoms with van der Waals surface area (Å²) in [7, 11) is 0. The van der Waals surface area contributed by atoms with E-state index in [2.05, 4.69) is 72.3 Å². The highest BCUT2D eigenvalue weighted by Crippen LogP contribution is 2.28. The minimum absolute atomic E-state index is 0.200. The maximum Gasteiger partial charge on any atom is 0.0464 e. The summed E-state index contributed by atoms with van der Waals surface area (Å²) >= 11 is 9.75. The number of benzene rings is 2. The number of hydrogen-bond donors (Lipinski definition) is 1. The Morgan fingerprint density at radius 1 is 1.05 bits per heavy atom. The molecule has 0 aliphatic heterocycles. The van der Waals surface area contributed by atoms with E-state index < -0.39 is 0 Å². The molecule has 20 heavy (non-hydrogen) atoms. The van der Waals surface area contributed by atoms with Crippen molar-refractivity contribution in [1.29, 1.82) is 0 Å². The molecule has 1 N–H and O–H groups in total. The molecule has 0 fully saturated rings. The van der Waals surface area contributed by atoms with E-state index in [0.717, 1.165) is 15.1 Å². The van der Waals surface area contributed by atoms with Gasteiger partial charge in [0.1, 0.15) is 0 Å². The summed E-state index contributed by atoms with van der Waals surface area (Å²) in [5, 5.41) is 4.39. The number of rotatable bonds is 4. The van der Waals surface area contributed by atoms with Crippen LogP contribution in [-0.4, -0.2) is 0 Å². The van der Waals surface area contributed by atoms with E-state index in [9.17, 15) is 0 Å². The van der Waals surface area contributed by atoms with Crippen LogP contribution < -0.4 is 5.32 Å². The summed E-state index contributed by atoms with van der Waals surface area (Å²) in [6.45, 7) is 6.44. The number of aryl methyl sites for hydroxylation is 1. The normalized spacial score (nSPS) is 14.1. The monoisotopic (exact) mass is 351 g/mol. The van der Waals surface area contributed by atoms with Gasteiger partial charge in [-0.25, -0.2) is 0 Å². The molecule has 106 valence electrons. The molecule has 0 heterocycles. The Hall–Kier alpha value is -0.830. The zero-order valence-corrected chi connectivity index (χ0v) is 14.3. The van der Waals surface area contributed by atoms with Gasteiger partial charge in [-0.3, -0.25) is 0 Å². The Labute approximate surface area is 134 Å². The van der Waals surface area contributed by atoms with Gasteiger partial charge in [0.15, 0.2) is 0 Å². The second kappa shape index (κ2) is 6.75. The van der Waals surface area contributed by atoms with E-state index in [1.54, 1.807) is 0 Å². The third-order valence-corrected chi connectivity index (χ3v) is 4.29. The van der Waals surface area contributed by atoms with E-state index >= 15 is 0 Å². The molecule has 0 radical (unpaired) electrons. The molecule has 1 unspecified atom stereocenters. The molecule has 2 aromatic carbocycles. The van der Waals surface area contributed by atoms with Crippen LogP contribution >= 0.6 is 27.5 Å². The molecule has 0 saturated carbocycles. The first-order chi connectivity index (χ1) is 9.47. The van der Waals surface area contributed by atoms with Crippen molar-refractivity contribution < 1.29 is 0 Å². The fourth-order valence-electron chi connectivity index (χ4n) is 2.35. The predicted molar refractivity (Wildman–Crippen MR) is 90.3 cm³/mol. The summed E-state index contributed by atoms with van der Waals surface area (Å²) < 4.78 is 1.00. The van der Waals surface area contributed by atoms with Gasteiger partial charge in [-0.1, -0.05) is 63.4 Å². The molecule has 3 heteroatoms. The first kappa shape index (κ1) is 15.6. The third-order valence-electron chi connectivity index (χ3n) is 3.47. The van der Waals surface area contributed by atoms with E-state index in [4.69, 9.17) is 11.6 Å². The fraction of sp³-hybridized carbons (Fsp3) is 0.294. The molecule has 0 amide bonds. The van der Waals surface area contributed by atoms with Crippen molar-refractivity contribution in [1.82, 2.24) is 5.32 Å². The van der Waals surface area contributed by atoms with Crippen molar-refractivity contribution in [2.75, 3.05) is 0 Å². The lowest BCUT2D eigenvalue weighted by molar-refractivity contribution is 0.494. The molecular weight excluding hydrogens is 334 g/mol. The van der Waals surface area contributed by atoms with Crippen LogP contribution in [0.5, 0.6) is 0 Å². The summed E-state index contributed by atoms with van der Waals surface area (Å²) in [6, 6.07) is 15.1. The Bertz CT molecular complexity index is 597. The predicted octanol–water partition coefficient (Wildman–Crippen LogP) is 5.82. The molecule has 0 aliphatic carbocycles. The Balaban J connectivity index is 2.12. The summed E-state index contributed by atoms with van der Waals surface area (Å²) in [4.78, 5) is 0. The molecule has 0 aromatic heterocycles. The van der Waals surface area contributed by atoms with Crippen molar-refractivity contribution in [3.05, 3.63) is 68.7 Å². The van der Waals surface area contributed by atoms with Gasteiger partial charge in [0.25, 0.3) is 0 Å². The van der Waals surface area contributed by atoms with Crippen LogP contribution in [0.2, 0.25) is 5.02 Å². The SMILES string of the molecule is Cc1cccc([C@H](C)NC(C)c2ccc(Br)cc2Cl)c1.